The summed E-state index contributed by atoms with van der Waals surface area (Å²) in [7, 11) is 1.65. The molecule has 0 saturated carbocycles. The second kappa shape index (κ2) is 7.08. The van der Waals surface area contributed by atoms with Gasteiger partial charge in [-0.2, -0.15) is 0 Å². The van der Waals surface area contributed by atoms with Crippen molar-refractivity contribution in [3.63, 3.8) is 0 Å². The average molecular weight is 324 g/mol. The Morgan fingerprint density at radius 1 is 1.29 bits per heavy atom. The van der Waals surface area contributed by atoms with Crippen LogP contribution in [0.5, 0.6) is 11.5 Å². The Morgan fingerprint density at radius 2 is 2.08 bits per heavy atom. The van der Waals surface area contributed by atoms with E-state index in [1.165, 1.54) is 0 Å². The highest BCUT2D eigenvalue weighted by Crippen LogP contribution is 2.34. The van der Waals surface area contributed by atoms with Crippen molar-refractivity contribution in [2.45, 2.75) is 6.54 Å². The van der Waals surface area contributed by atoms with Crippen molar-refractivity contribution in [2.75, 3.05) is 30.5 Å². The van der Waals surface area contributed by atoms with Crippen molar-refractivity contribution in [3.05, 3.63) is 60.7 Å². The minimum absolute atomic E-state index is 0.0543. The van der Waals surface area contributed by atoms with Gasteiger partial charge in [0, 0.05) is 24.8 Å². The average Bonchev–Trinajstić information content (AvgIpc) is 2.63. The lowest BCUT2D eigenvalue weighted by Crippen LogP contribution is -2.38. The number of carbonyl (C=O) groups is 1. The Kier molecular flexibility index (Phi) is 4.70. The van der Waals surface area contributed by atoms with Crippen LogP contribution < -0.4 is 19.7 Å². The van der Waals surface area contributed by atoms with Crippen molar-refractivity contribution >= 4 is 17.3 Å². The first-order valence-electron chi connectivity index (χ1n) is 7.76. The van der Waals surface area contributed by atoms with Crippen LogP contribution in [0.3, 0.4) is 0 Å². The molecule has 0 aliphatic carbocycles. The van der Waals surface area contributed by atoms with Crippen LogP contribution in [0.1, 0.15) is 5.56 Å². The van der Waals surface area contributed by atoms with Crippen LogP contribution in [-0.2, 0) is 11.3 Å². The number of ether oxygens (including phenoxy) is 2. The molecule has 0 bridgehead atoms. The number of anilines is 2. The lowest BCUT2D eigenvalue weighted by Gasteiger charge is -2.28. The zero-order valence-corrected chi connectivity index (χ0v) is 13.6. The molecule has 2 aromatic carbocycles. The number of benzene rings is 2. The van der Waals surface area contributed by atoms with E-state index in [0.29, 0.717) is 18.8 Å². The predicted molar refractivity (Wildman–Crippen MR) is 94.8 cm³/mol. The number of methoxy groups -OCH3 is 1. The summed E-state index contributed by atoms with van der Waals surface area (Å²) in [5.74, 6) is 1.49. The zero-order chi connectivity index (χ0) is 16.9. The van der Waals surface area contributed by atoms with E-state index in [0.717, 1.165) is 22.7 Å². The molecule has 0 radical (unpaired) electrons. The third kappa shape index (κ3) is 3.35. The van der Waals surface area contributed by atoms with Gasteiger partial charge in [0.05, 0.1) is 12.8 Å². The van der Waals surface area contributed by atoms with Crippen LogP contribution in [0.15, 0.2) is 55.1 Å². The van der Waals surface area contributed by atoms with Crippen molar-refractivity contribution < 1.29 is 14.3 Å². The lowest BCUT2D eigenvalue weighted by atomic mass is 10.2. The first kappa shape index (κ1) is 15.9. The third-order valence-corrected chi connectivity index (χ3v) is 3.87. The molecule has 1 N–H and O–H groups in total. The minimum atomic E-state index is -0.0543. The molecule has 0 unspecified atom stereocenters. The molecule has 0 aromatic heterocycles. The Labute approximate surface area is 141 Å². The van der Waals surface area contributed by atoms with E-state index < -0.39 is 0 Å². The Hall–Kier alpha value is -2.95. The van der Waals surface area contributed by atoms with Gasteiger partial charge in [-0.3, -0.25) is 4.79 Å². The molecule has 24 heavy (non-hydrogen) atoms. The number of amides is 1. The predicted octanol–water partition coefficient (Wildman–Crippen LogP) is 3.22. The molecule has 2 aromatic rings. The maximum absolute atomic E-state index is 11.9. The first-order chi connectivity index (χ1) is 11.7. The normalized spacial score (nSPS) is 13.0. The number of fused-ring (bicyclic) bond motifs is 1. The molecule has 0 saturated heterocycles. The molecular weight excluding hydrogens is 304 g/mol. The molecule has 1 amide bonds. The van der Waals surface area contributed by atoms with Gasteiger partial charge in [-0.1, -0.05) is 18.2 Å². The van der Waals surface area contributed by atoms with Crippen LogP contribution in [0.4, 0.5) is 11.4 Å². The topological polar surface area (TPSA) is 50.8 Å². The van der Waals surface area contributed by atoms with Gasteiger partial charge in [0.25, 0.3) is 5.91 Å². The fourth-order valence-electron chi connectivity index (χ4n) is 2.59. The van der Waals surface area contributed by atoms with E-state index in [1.54, 1.807) is 18.1 Å². The lowest BCUT2D eigenvalue weighted by molar-refractivity contribution is -0.121. The SMILES string of the molecule is C=CCN1C(=O)COc2cc(NCc3ccc(OC)cc3)ccc21. The largest absolute Gasteiger partial charge is 0.497 e. The monoisotopic (exact) mass is 324 g/mol. The summed E-state index contributed by atoms with van der Waals surface area (Å²) in [4.78, 5) is 13.6. The van der Waals surface area contributed by atoms with Crippen molar-refractivity contribution in [1.29, 1.82) is 0 Å². The highest BCUT2D eigenvalue weighted by atomic mass is 16.5. The molecular formula is C19H20N2O3. The number of nitrogens with zero attached hydrogens (tertiary/aromatic N) is 1. The molecule has 1 aliphatic rings. The van der Waals surface area contributed by atoms with Gasteiger partial charge < -0.3 is 19.7 Å². The minimum Gasteiger partial charge on any atom is -0.497 e. The number of carbonyl (C=O) groups excluding carboxylic acids is 1. The number of hydrogen-bond acceptors (Lipinski definition) is 4. The molecule has 1 heterocycles. The smallest absolute Gasteiger partial charge is 0.265 e. The molecule has 124 valence electrons. The Balaban J connectivity index is 1.71. The first-order valence-corrected chi connectivity index (χ1v) is 7.76. The van der Waals surface area contributed by atoms with Crippen molar-refractivity contribution in [1.82, 2.24) is 0 Å². The van der Waals surface area contributed by atoms with Gasteiger partial charge in [0.2, 0.25) is 0 Å². The van der Waals surface area contributed by atoms with Gasteiger partial charge in [-0.05, 0) is 29.8 Å². The maximum atomic E-state index is 11.9. The van der Waals surface area contributed by atoms with Crippen LogP contribution >= 0.6 is 0 Å². The molecule has 0 atom stereocenters. The molecule has 0 fully saturated rings. The summed E-state index contributed by atoms with van der Waals surface area (Å²) in [6, 6.07) is 13.7. The van der Waals surface area contributed by atoms with Crippen LogP contribution in [0, 0.1) is 0 Å². The summed E-state index contributed by atoms with van der Waals surface area (Å²) < 4.78 is 10.7. The second-order valence-electron chi connectivity index (χ2n) is 5.47. The summed E-state index contributed by atoms with van der Waals surface area (Å²) >= 11 is 0. The molecule has 0 spiro atoms. The fraction of sp³-hybridized carbons (Fsp3) is 0.211. The van der Waals surface area contributed by atoms with Gasteiger partial charge >= 0.3 is 0 Å². The summed E-state index contributed by atoms with van der Waals surface area (Å²) in [5.41, 5.74) is 2.87. The molecule has 5 heteroatoms. The van der Waals surface area contributed by atoms with Gasteiger partial charge in [0.15, 0.2) is 6.61 Å². The van der Waals surface area contributed by atoms with E-state index in [9.17, 15) is 4.79 Å². The Morgan fingerprint density at radius 3 is 2.79 bits per heavy atom. The van der Waals surface area contributed by atoms with Crippen LogP contribution in [0.2, 0.25) is 0 Å². The van der Waals surface area contributed by atoms with E-state index >= 15 is 0 Å². The molecule has 3 rings (SSSR count). The second-order valence-corrected chi connectivity index (χ2v) is 5.47. The maximum Gasteiger partial charge on any atom is 0.265 e. The Bertz CT molecular complexity index is 741. The van der Waals surface area contributed by atoms with Crippen LogP contribution in [0.25, 0.3) is 0 Å². The quantitative estimate of drug-likeness (QED) is 0.829. The van der Waals surface area contributed by atoms with Crippen molar-refractivity contribution in [2.24, 2.45) is 0 Å². The number of hydrogen-bond donors (Lipinski definition) is 1. The van der Waals surface area contributed by atoms with Gasteiger partial charge in [-0.15, -0.1) is 6.58 Å². The highest BCUT2D eigenvalue weighted by Gasteiger charge is 2.24. The third-order valence-electron chi connectivity index (χ3n) is 3.87. The van der Waals surface area contributed by atoms with Crippen molar-refractivity contribution in [3.8, 4) is 11.5 Å². The number of rotatable bonds is 6. The van der Waals surface area contributed by atoms with Crippen LogP contribution in [-0.4, -0.2) is 26.2 Å². The summed E-state index contributed by atoms with van der Waals surface area (Å²) in [6.45, 7) is 4.93. The molecule has 5 nitrogen and oxygen atoms in total. The van der Waals surface area contributed by atoms with E-state index in [2.05, 4.69) is 11.9 Å². The molecule has 1 aliphatic heterocycles. The van der Waals surface area contributed by atoms with Gasteiger partial charge in [-0.25, -0.2) is 0 Å². The fourth-order valence-corrected chi connectivity index (χ4v) is 2.59. The zero-order valence-electron chi connectivity index (χ0n) is 13.6. The number of nitrogens with one attached hydrogen (secondary N) is 1. The highest BCUT2D eigenvalue weighted by molar-refractivity contribution is 5.98. The standard InChI is InChI=1S/C19H20N2O3/c1-3-10-21-17-9-6-15(11-18(17)24-13-19(21)22)20-12-14-4-7-16(23-2)8-5-14/h3-9,11,20H,1,10,12-13H2,2H3. The van der Waals surface area contributed by atoms with E-state index in [1.807, 2.05) is 42.5 Å². The summed E-state index contributed by atoms with van der Waals surface area (Å²) in [5, 5.41) is 3.36. The van der Waals surface area contributed by atoms with Gasteiger partial charge in [0.1, 0.15) is 11.5 Å². The summed E-state index contributed by atoms with van der Waals surface area (Å²) in [6.07, 6.45) is 1.71. The van der Waals surface area contributed by atoms with E-state index in [-0.39, 0.29) is 12.5 Å². The van der Waals surface area contributed by atoms with E-state index in [4.69, 9.17) is 9.47 Å².